The number of aryl methyl sites for hydroxylation is 2. The maximum Gasteiger partial charge on any atom is 0.336 e. The number of halogens is 2. The number of aliphatic hydroxyl groups is 2. The Labute approximate surface area is 184 Å². The number of rotatable bonds is 8. The van der Waals surface area contributed by atoms with E-state index in [1.807, 2.05) is 13.8 Å². The van der Waals surface area contributed by atoms with Crippen molar-refractivity contribution in [1.29, 1.82) is 0 Å². The molecule has 9 heteroatoms. The summed E-state index contributed by atoms with van der Waals surface area (Å²) in [5.41, 5.74) is 0.837. The van der Waals surface area contributed by atoms with Gasteiger partial charge in [0.15, 0.2) is 0 Å². The van der Waals surface area contributed by atoms with Gasteiger partial charge in [0.05, 0.1) is 25.3 Å². The van der Waals surface area contributed by atoms with Crippen molar-refractivity contribution >= 4 is 11.8 Å². The predicted octanol–water partition coefficient (Wildman–Crippen LogP) is 2.99. The van der Waals surface area contributed by atoms with Crippen LogP contribution >= 0.6 is 0 Å². The van der Waals surface area contributed by atoms with E-state index < -0.39 is 29.7 Å². The van der Waals surface area contributed by atoms with Crippen molar-refractivity contribution in [2.75, 3.05) is 18.6 Å². The Morgan fingerprint density at radius 2 is 1.91 bits per heavy atom. The fourth-order valence-corrected chi connectivity index (χ4v) is 3.80. The van der Waals surface area contributed by atoms with Crippen molar-refractivity contribution in [1.82, 2.24) is 4.98 Å². The summed E-state index contributed by atoms with van der Waals surface area (Å²) in [5, 5.41) is 30.2. The van der Waals surface area contributed by atoms with Crippen molar-refractivity contribution in [2.24, 2.45) is 5.92 Å². The second kappa shape index (κ2) is 9.62. The Morgan fingerprint density at radius 3 is 2.47 bits per heavy atom. The average molecular weight is 448 g/mol. The summed E-state index contributed by atoms with van der Waals surface area (Å²) in [6, 6.07) is 4.45. The number of ether oxygens (including phenoxy) is 1. The number of carboxylic acids is 1. The minimum atomic E-state index is -1.44. The van der Waals surface area contributed by atoms with Crippen LogP contribution < -0.4 is 9.64 Å². The molecule has 0 bridgehead atoms. The van der Waals surface area contributed by atoms with Crippen molar-refractivity contribution in [3.05, 3.63) is 64.4 Å². The van der Waals surface area contributed by atoms with E-state index in [4.69, 9.17) is 4.74 Å². The van der Waals surface area contributed by atoms with E-state index in [1.165, 1.54) is 25.4 Å². The highest BCUT2D eigenvalue weighted by Gasteiger charge is 2.35. The molecular formula is C23H26F2N2O5. The molecule has 0 saturated carbocycles. The smallest absolute Gasteiger partial charge is 0.336 e. The maximum absolute atomic E-state index is 14.0. The SMILES string of the molecule is COc1nc2c(cc1CCc1ccc(F)cc1F)C(O)C(C(=O)O)=CN2[C@H](CO)C(C)C. The van der Waals surface area contributed by atoms with Gasteiger partial charge in [-0.1, -0.05) is 19.9 Å². The van der Waals surface area contributed by atoms with Gasteiger partial charge in [0.2, 0.25) is 5.88 Å². The number of methoxy groups -OCH3 is 1. The highest BCUT2D eigenvalue weighted by atomic mass is 19.1. The molecule has 0 aliphatic carbocycles. The van der Waals surface area contributed by atoms with Gasteiger partial charge in [0.1, 0.15) is 23.6 Å². The number of anilines is 1. The summed E-state index contributed by atoms with van der Waals surface area (Å²) in [7, 11) is 1.42. The van der Waals surface area contributed by atoms with E-state index in [1.54, 1.807) is 11.0 Å². The lowest BCUT2D eigenvalue weighted by molar-refractivity contribution is -0.133. The molecule has 0 spiro atoms. The lowest BCUT2D eigenvalue weighted by atomic mass is 9.93. The van der Waals surface area contributed by atoms with Crippen LogP contribution in [0.5, 0.6) is 5.88 Å². The molecule has 2 atom stereocenters. The third-order valence-corrected chi connectivity index (χ3v) is 5.61. The first-order valence-electron chi connectivity index (χ1n) is 10.2. The van der Waals surface area contributed by atoms with Gasteiger partial charge >= 0.3 is 5.97 Å². The average Bonchev–Trinajstić information content (AvgIpc) is 2.74. The molecule has 1 aromatic carbocycles. The van der Waals surface area contributed by atoms with Crippen LogP contribution in [0.15, 0.2) is 36.0 Å². The summed E-state index contributed by atoms with van der Waals surface area (Å²) >= 11 is 0. The Bertz CT molecular complexity index is 1040. The number of aromatic nitrogens is 1. The van der Waals surface area contributed by atoms with Gasteiger partial charge in [-0.2, -0.15) is 4.98 Å². The predicted molar refractivity (Wildman–Crippen MR) is 113 cm³/mol. The zero-order valence-corrected chi connectivity index (χ0v) is 18.0. The van der Waals surface area contributed by atoms with Crippen molar-refractivity contribution < 1.29 is 33.6 Å². The first-order valence-corrected chi connectivity index (χ1v) is 10.2. The molecule has 172 valence electrons. The second-order valence-electron chi connectivity index (χ2n) is 8.00. The van der Waals surface area contributed by atoms with Crippen LogP contribution in [0, 0.1) is 17.6 Å². The van der Waals surface area contributed by atoms with E-state index in [9.17, 15) is 28.9 Å². The van der Waals surface area contributed by atoms with Crippen molar-refractivity contribution in [3.63, 3.8) is 0 Å². The molecule has 0 fully saturated rings. The van der Waals surface area contributed by atoms with Gasteiger partial charge in [-0.3, -0.25) is 0 Å². The fourth-order valence-electron chi connectivity index (χ4n) is 3.80. The molecule has 1 unspecified atom stereocenters. The fraction of sp³-hybridized carbons (Fsp3) is 0.391. The molecule has 1 aliphatic heterocycles. The summed E-state index contributed by atoms with van der Waals surface area (Å²) in [6.45, 7) is 3.50. The second-order valence-corrected chi connectivity index (χ2v) is 8.00. The molecule has 32 heavy (non-hydrogen) atoms. The number of fused-ring (bicyclic) bond motifs is 1. The van der Waals surface area contributed by atoms with Crippen LogP contribution in [0.1, 0.15) is 36.6 Å². The molecule has 3 rings (SSSR count). The number of carbonyl (C=O) groups is 1. The van der Waals surface area contributed by atoms with E-state index in [-0.39, 0.29) is 48.2 Å². The Balaban J connectivity index is 2.04. The highest BCUT2D eigenvalue weighted by molar-refractivity contribution is 5.90. The van der Waals surface area contributed by atoms with Gasteiger partial charge in [-0.25, -0.2) is 13.6 Å². The number of hydrogen-bond acceptors (Lipinski definition) is 6. The van der Waals surface area contributed by atoms with E-state index in [0.29, 0.717) is 11.1 Å². The first-order chi connectivity index (χ1) is 15.2. The standard InChI is InChI=1S/C23H26F2N2O5/c1-12(2)19(11-28)27-10-17(23(30)31)20(29)16-8-14(22(32-3)26-21(16)27)5-4-13-6-7-15(24)9-18(13)25/h6-10,12,19-20,28-29H,4-5,11H2,1-3H3,(H,30,31)/t19-,20?/m1/s1. The quantitative estimate of drug-likeness (QED) is 0.571. The monoisotopic (exact) mass is 448 g/mol. The zero-order valence-electron chi connectivity index (χ0n) is 18.0. The lowest BCUT2D eigenvalue weighted by Gasteiger charge is -2.37. The Hall–Kier alpha value is -3.04. The van der Waals surface area contributed by atoms with Crippen molar-refractivity contribution in [2.45, 2.75) is 38.8 Å². The number of hydrogen-bond donors (Lipinski definition) is 3. The Kier molecular flexibility index (Phi) is 7.10. The summed E-state index contributed by atoms with van der Waals surface area (Å²) in [4.78, 5) is 17.8. The van der Waals surface area contributed by atoms with Crippen molar-refractivity contribution in [3.8, 4) is 5.88 Å². The van der Waals surface area contributed by atoms with Crippen LogP contribution in [-0.2, 0) is 17.6 Å². The molecule has 0 amide bonds. The summed E-state index contributed by atoms with van der Waals surface area (Å²) in [6.07, 6.45) is 0.328. The normalized spacial score (nSPS) is 16.6. The van der Waals surface area contributed by atoms with Gasteiger partial charge in [-0.05, 0) is 36.5 Å². The topological polar surface area (TPSA) is 103 Å². The molecule has 2 aromatic rings. The van der Waals surface area contributed by atoms with E-state index >= 15 is 0 Å². The number of pyridine rings is 1. The molecule has 0 radical (unpaired) electrons. The first kappa shape index (κ1) is 23.6. The van der Waals surface area contributed by atoms with Crippen LogP contribution in [0.4, 0.5) is 14.6 Å². The molecule has 0 saturated heterocycles. The third-order valence-electron chi connectivity index (χ3n) is 5.61. The van der Waals surface area contributed by atoms with Crippen LogP contribution in [-0.4, -0.2) is 46.0 Å². The summed E-state index contributed by atoms with van der Waals surface area (Å²) < 4.78 is 32.6. The number of nitrogens with zero attached hydrogens (tertiary/aromatic N) is 2. The van der Waals surface area contributed by atoms with Gasteiger partial charge < -0.3 is 25.0 Å². The molecular weight excluding hydrogens is 422 g/mol. The third kappa shape index (κ3) is 4.58. The van der Waals surface area contributed by atoms with Gasteiger partial charge in [0, 0.05) is 23.4 Å². The minimum Gasteiger partial charge on any atom is -0.481 e. The van der Waals surface area contributed by atoms with Gasteiger partial charge in [-0.15, -0.1) is 0 Å². The van der Waals surface area contributed by atoms with E-state index in [0.717, 1.165) is 6.07 Å². The lowest BCUT2D eigenvalue weighted by Crippen LogP contribution is -2.42. The molecule has 3 N–H and O–H groups in total. The van der Waals surface area contributed by atoms with Crippen LogP contribution in [0.3, 0.4) is 0 Å². The molecule has 7 nitrogen and oxygen atoms in total. The molecule has 1 aromatic heterocycles. The van der Waals surface area contributed by atoms with Crippen LogP contribution in [0.25, 0.3) is 0 Å². The highest BCUT2D eigenvalue weighted by Crippen LogP contribution is 2.40. The largest absolute Gasteiger partial charge is 0.481 e. The number of aliphatic hydroxyl groups excluding tert-OH is 2. The molecule has 2 heterocycles. The number of aliphatic carboxylic acids is 1. The Morgan fingerprint density at radius 1 is 1.22 bits per heavy atom. The van der Waals surface area contributed by atoms with Gasteiger partial charge in [0.25, 0.3) is 0 Å². The zero-order chi connectivity index (χ0) is 23.6. The maximum atomic E-state index is 14.0. The number of benzene rings is 1. The number of carboxylic acid groups (broad SMARTS) is 1. The summed E-state index contributed by atoms with van der Waals surface area (Å²) in [5.74, 6) is -2.17. The van der Waals surface area contributed by atoms with E-state index in [2.05, 4.69) is 4.98 Å². The molecule has 1 aliphatic rings. The van der Waals surface area contributed by atoms with Crippen LogP contribution in [0.2, 0.25) is 0 Å². The minimum absolute atomic E-state index is 0.0525.